The zero-order valence-electron chi connectivity index (χ0n) is 14.4. The van der Waals surface area contributed by atoms with E-state index in [1.807, 2.05) is 18.2 Å². The molecule has 1 aromatic heterocycles. The highest BCUT2D eigenvalue weighted by Gasteiger charge is 2.29. The third kappa shape index (κ3) is 4.23. The van der Waals surface area contributed by atoms with E-state index in [0.29, 0.717) is 31.7 Å². The molecule has 0 radical (unpaired) electrons. The van der Waals surface area contributed by atoms with Gasteiger partial charge in [0.15, 0.2) is 0 Å². The van der Waals surface area contributed by atoms with Gasteiger partial charge >= 0.3 is 0 Å². The van der Waals surface area contributed by atoms with Crippen molar-refractivity contribution in [3.63, 3.8) is 0 Å². The first-order valence-electron chi connectivity index (χ1n) is 8.49. The number of carbonyl (C=O) groups is 2. The van der Waals surface area contributed by atoms with Crippen molar-refractivity contribution in [2.45, 2.75) is 12.8 Å². The number of benzene rings is 1. The Labute approximate surface area is 157 Å². The quantitative estimate of drug-likeness (QED) is 0.733. The second kappa shape index (κ2) is 8.82. The van der Waals surface area contributed by atoms with E-state index in [2.05, 4.69) is 10.3 Å². The van der Waals surface area contributed by atoms with Crippen LogP contribution in [0.3, 0.4) is 0 Å². The molecular weight excluding hydrogens is 356 g/mol. The van der Waals surface area contributed by atoms with Crippen molar-refractivity contribution in [2.24, 2.45) is 11.7 Å². The van der Waals surface area contributed by atoms with Crippen LogP contribution in [-0.2, 0) is 4.79 Å². The predicted molar refractivity (Wildman–Crippen MR) is 103 cm³/mol. The van der Waals surface area contributed by atoms with E-state index in [9.17, 15) is 14.4 Å². The summed E-state index contributed by atoms with van der Waals surface area (Å²) in [5.74, 6) is -0.678. The van der Waals surface area contributed by atoms with Gasteiger partial charge < -0.3 is 20.9 Å². The van der Waals surface area contributed by atoms with Gasteiger partial charge in [0, 0.05) is 31.7 Å². The van der Waals surface area contributed by atoms with Crippen LogP contribution in [0.15, 0.2) is 35.1 Å². The van der Waals surface area contributed by atoms with Gasteiger partial charge in [-0.25, -0.2) is 0 Å². The van der Waals surface area contributed by atoms with Crippen LogP contribution in [0.25, 0.3) is 10.9 Å². The number of para-hydroxylation sites is 1. The predicted octanol–water partition coefficient (Wildman–Crippen LogP) is 0.877. The van der Waals surface area contributed by atoms with Crippen molar-refractivity contribution in [1.82, 2.24) is 15.2 Å². The maximum atomic E-state index is 12.8. The van der Waals surface area contributed by atoms with E-state index >= 15 is 0 Å². The van der Waals surface area contributed by atoms with Crippen molar-refractivity contribution in [2.75, 3.05) is 26.2 Å². The highest BCUT2D eigenvalue weighted by Crippen LogP contribution is 2.19. The molecule has 0 bridgehead atoms. The fourth-order valence-corrected chi connectivity index (χ4v) is 3.19. The van der Waals surface area contributed by atoms with Gasteiger partial charge in [-0.05, 0) is 30.4 Å². The number of aromatic amines is 1. The lowest BCUT2D eigenvalue weighted by molar-refractivity contribution is -0.126. The number of H-pyrrole nitrogens is 1. The van der Waals surface area contributed by atoms with Crippen molar-refractivity contribution in [3.8, 4) is 0 Å². The molecule has 1 aromatic carbocycles. The lowest BCUT2D eigenvalue weighted by atomic mass is 9.96. The number of likely N-dealkylation sites (tertiary alicyclic amines) is 1. The summed E-state index contributed by atoms with van der Waals surface area (Å²) >= 11 is 0. The standard InChI is InChI=1S/C18H22N4O3.ClH/c19-7-8-20-16(23)13-5-3-9-22(11-13)18(25)14-10-12-4-1-2-6-15(12)21-17(14)24;/h1-2,4,6,10,13H,3,5,7-9,11,19H2,(H,20,23)(H,21,24);1H. The van der Waals surface area contributed by atoms with Crippen LogP contribution >= 0.6 is 12.4 Å². The van der Waals surface area contributed by atoms with E-state index in [-0.39, 0.29) is 35.7 Å². The van der Waals surface area contributed by atoms with Crippen LogP contribution in [0.5, 0.6) is 0 Å². The Bertz CT molecular complexity index is 852. The molecule has 2 amide bonds. The fourth-order valence-electron chi connectivity index (χ4n) is 3.19. The molecule has 8 heteroatoms. The van der Waals surface area contributed by atoms with Crippen molar-refractivity contribution in [1.29, 1.82) is 0 Å². The summed E-state index contributed by atoms with van der Waals surface area (Å²) in [5.41, 5.74) is 5.81. The second-order valence-electron chi connectivity index (χ2n) is 6.27. The summed E-state index contributed by atoms with van der Waals surface area (Å²) in [6.45, 7) is 1.68. The SMILES string of the molecule is Cl.NCCNC(=O)C1CCCN(C(=O)c2cc3ccccc3[nH]c2=O)C1. The highest BCUT2D eigenvalue weighted by molar-refractivity contribution is 5.97. The summed E-state index contributed by atoms with van der Waals surface area (Å²) < 4.78 is 0. The average molecular weight is 379 g/mol. The zero-order chi connectivity index (χ0) is 17.8. The van der Waals surface area contributed by atoms with Crippen LogP contribution in [0, 0.1) is 5.92 Å². The van der Waals surface area contributed by atoms with E-state index in [0.717, 1.165) is 18.2 Å². The molecule has 2 aromatic rings. The number of pyridine rings is 1. The van der Waals surface area contributed by atoms with Crippen LogP contribution in [0.1, 0.15) is 23.2 Å². The minimum Gasteiger partial charge on any atom is -0.355 e. The number of nitrogens with zero attached hydrogens (tertiary/aromatic N) is 1. The van der Waals surface area contributed by atoms with Gasteiger partial charge in [-0.2, -0.15) is 0 Å². The molecule has 26 heavy (non-hydrogen) atoms. The summed E-state index contributed by atoms with van der Waals surface area (Å²) in [7, 11) is 0. The van der Waals surface area contributed by atoms with Crippen LogP contribution in [0.2, 0.25) is 0 Å². The number of halogens is 1. The molecule has 3 rings (SSSR count). The monoisotopic (exact) mass is 378 g/mol. The molecule has 1 saturated heterocycles. The maximum absolute atomic E-state index is 12.8. The van der Waals surface area contributed by atoms with E-state index < -0.39 is 5.56 Å². The molecule has 0 saturated carbocycles. The first-order chi connectivity index (χ1) is 12.1. The fraction of sp³-hybridized carbons (Fsp3) is 0.389. The third-order valence-electron chi connectivity index (χ3n) is 4.51. The molecule has 7 nitrogen and oxygen atoms in total. The number of amides is 2. The molecule has 1 atom stereocenters. The molecule has 0 aliphatic carbocycles. The number of carbonyl (C=O) groups excluding carboxylic acids is 2. The van der Waals surface area contributed by atoms with Crippen LogP contribution < -0.4 is 16.6 Å². The Morgan fingerprint density at radius 2 is 2.08 bits per heavy atom. The molecule has 1 aliphatic rings. The first-order valence-corrected chi connectivity index (χ1v) is 8.49. The van der Waals surface area contributed by atoms with Crippen LogP contribution in [0.4, 0.5) is 0 Å². The van der Waals surface area contributed by atoms with Gasteiger partial charge in [0.2, 0.25) is 5.91 Å². The Morgan fingerprint density at radius 3 is 2.85 bits per heavy atom. The number of aromatic nitrogens is 1. The molecule has 1 fully saturated rings. The zero-order valence-corrected chi connectivity index (χ0v) is 15.2. The van der Waals surface area contributed by atoms with E-state index in [4.69, 9.17) is 5.73 Å². The summed E-state index contributed by atoms with van der Waals surface area (Å²) in [6.07, 6.45) is 1.46. The Kier molecular flexibility index (Phi) is 6.76. The molecule has 2 heterocycles. The number of fused-ring (bicyclic) bond motifs is 1. The summed E-state index contributed by atoms with van der Waals surface area (Å²) in [4.78, 5) is 41.5. The smallest absolute Gasteiger partial charge is 0.261 e. The largest absolute Gasteiger partial charge is 0.355 e. The number of piperidine rings is 1. The molecule has 4 N–H and O–H groups in total. The van der Waals surface area contributed by atoms with Gasteiger partial charge in [0.05, 0.1) is 5.92 Å². The number of rotatable bonds is 4. The van der Waals surface area contributed by atoms with Crippen molar-refractivity contribution in [3.05, 3.63) is 46.2 Å². The van der Waals surface area contributed by atoms with E-state index in [1.165, 1.54) is 0 Å². The van der Waals surface area contributed by atoms with Gasteiger partial charge in [-0.3, -0.25) is 14.4 Å². The van der Waals surface area contributed by atoms with Gasteiger partial charge in [-0.15, -0.1) is 12.4 Å². The Balaban J connectivity index is 0.00000243. The van der Waals surface area contributed by atoms with Crippen LogP contribution in [-0.4, -0.2) is 47.9 Å². The summed E-state index contributed by atoms with van der Waals surface area (Å²) in [5, 5.41) is 3.57. The van der Waals surface area contributed by atoms with Gasteiger partial charge in [0.1, 0.15) is 5.56 Å². The number of nitrogens with one attached hydrogen (secondary N) is 2. The molecule has 140 valence electrons. The second-order valence-corrected chi connectivity index (χ2v) is 6.27. The lowest BCUT2D eigenvalue weighted by Gasteiger charge is -2.32. The Hall–Kier alpha value is -2.38. The topological polar surface area (TPSA) is 108 Å². The number of hydrogen-bond donors (Lipinski definition) is 3. The number of nitrogens with two attached hydrogens (primary N) is 1. The minimum absolute atomic E-state index is 0. The summed E-state index contributed by atoms with van der Waals surface area (Å²) in [6, 6.07) is 8.95. The molecule has 1 unspecified atom stereocenters. The molecular formula is C18H23ClN4O3. The lowest BCUT2D eigenvalue weighted by Crippen LogP contribution is -2.47. The average Bonchev–Trinajstić information content (AvgIpc) is 2.65. The third-order valence-corrected chi connectivity index (χ3v) is 4.51. The maximum Gasteiger partial charge on any atom is 0.261 e. The Morgan fingerprint density at radius 1 is 1.31 bits per heavy atom. The van der Waals surface area contributed by atoms with Crippen molar-refractivity contribution >= 4 is 35.1 Å². The van der Waals surface area contributed by atoms with Gasteiger partial charge in [0.25, 0.3) is 11.5 Å². The molecule has 0 spiro atoms. The normalized spacial score (nSPS) is 16.8. The highest BCUT2D eigenvalue weighted by atomic mass is 35.5. The van der Waals surface area contributed by atoms with Crippen molar-refractivity contribution < 1.29 is 9.59 Å². The minimum atomic E-state index is -0.404. The first kappa shape index (κ1) is 19.9. The molecule has 1 aliphatic heterocycles. The van der Waals surface area contributed by atoms with Gasteiger partial charge in [-0.1, -0.05) is 18.2 Å². The van der Waals surface area contributed by atoms with E-state index in [1.54, 1.807) is 17.0 Å². The number of hydrogen-bond acceptors (Lipinski definition) is 4.